The first-order valence-corrected chi connectivity index (χ1v) is 5.96. The van der Waals surface area contributed by atoms with E-state index in [1.54, 1.807) is 12.3 Å². The van der Waals surface area contributed by atoms with E-state index in [2.05, 4.69) is 10.1 Å². The van der Waals surface area contributed by atoms with Crippen LogP contribution in [0.3, 0.4) is 0 Å². The number of oxime groups is 1. The van der Waals surface area contributed by atoms with Gasteiger partial charge in [-0.1, -0.05) is 53.2 Å². The quantitative estimate of drug-likeness (QED) is 0.477. The number of halogens is 1. The second-order valence-corrected chi connectivity index (χ2v) is 4.19. The summed E-state index contributed by atoms with van der Waals surface area (Å²) in [4.78, 5) is 9.25. The normalized spacial score (nSPS) is 11.3. The lowest BCUT2D eigenvalue weighted by atomic mass is 10.1. The monoisotopic (exact) mass is 260 g/mol. The maximum absolute atomic E-state index is 5.70. The van der Waals surface area contributed by atoms with Gasteiger partial charge in [-0.25, -0.2) is 4.98 Å². The molecule has 0 spiro atoms. The summed E-state index contributed by atoms with van der Waals surface area (Å²) in [6.45, 7) is 2.30. The van der Waals surface area contributed by atoms with E-state index >= 15 is 0 Å². The zero-order valence-corrected chi connectivity index (χ0v) is 10.8. The van der Waals surface area contributed by atoms with Gasteiger partial charge in [-0.3, -0.25) is 0 Å². The Kier molecular flexibility index (Phi) is 4.31. The molecule has 92 valence electrons. The van der Waals surface area contributed by atoms with E-state index in [0.717, 1.165) is 16.8 Å². The first-order chi connectivity index (χ1) is 8.75. The van der Waals surface area contributed by atoms with Crippen molar-refractivity contribution in [3.63, 3.8) is 0 Å². The van der Waals surface area contributed by atoms with Gasteiger partial charge in [-0.15, -0.1) is 0 Å². The van der Waals surface area contributed by atoms with Gasteiger partial charge in [-0.05, 0) is 18.6 Å². The molecule has 0 saturated heterocycles. The predicted octanol–water partition coefficient (Wildman–Crippen LogP) is 3.68. The average molecular weight is 261 g/mol. The van der Waals surface area contributed by atoms with E-state index in [9.17, 15) is 0 Å². The number of rotatable bonds is 4. The van der Waals surface area contributed by atoms with Gasteiger partial charge in [0.1, 0.15) is 11.8 Å². The first-order valence-electron chi connectivity index (χ1n) is 5.58. The van der Waals surface area contributed by atoms with Crippen molar-refractivity contribution < 1.29 is 4.84 Å². The predicted molar refractivity (Wildman–Crippen MR) is 72.7 cm³/mol. The Morgan fingerprint density at radius 1 is 1.22 bits per heavy atom. The van der Waals surface area contributed by atoms with Gasteiger partial charge >= 0.3 is 0 Å². The molecule has 0 radical (unpaired) electrons. The second kappa shape index (κ2) is 6.17. The minimum absolute atomic E-state index is 0.383. The third-order valence-corrected chi connectivity index (χ3v) is 2.64. The smallest absolute Gasteiger partial charge is 0.143 e. The number of pyridine rings is 1. The van der Waals surface area contributed by atoms with Crippen LogP contribution in [0.2, 0.25) is 5.15 Å². The van der Waals surface area contributed by atoms with E-state index in [1.807, 2.05) is 43.3 Å². The standard InChI is InChI=1S/C14H13ClN2O/c1-11(13-5-3-2-4-6-13)17-18-10-12-7-8-14(15)16-9-12/h2-9H,10H2,1H3/b17-11+. The van der Waals surface area contributed by atoms with Crippen molar-refractivity contribution in [3.05, 3.63) is 64.9 Å². The Hall–Kier alpha value is -1.87. The van der Waals surface area contributed by atoms with Crippen LogP contribution in [-0.2, 0) is 11.4 Å². The molecule has 3 nitrogen and oxygen atoms in total. The lowest BCUT2D eigenvalue weighted by Crippen LogP contribution is -1.96. The van der Waals surface area contributed by atoms with Gasteiger partial charge in [0.05, 0.1) is 5.71 Å². The summed E-state index contributed by atoms with van der Waals surface area (Å²) in [5.41, 5.74) is 2.83. The molecule has 0 amide bonds. The molecule has 0 aliphatic carbocycles. The zero-order chi connectivity index (χ0) is 12.8. The number of benzene rings is 1. The van der Waals surface area contributed by atoms with E-state index in [0.29, 0.717) is 11.8 Å². The van der Waals surface area contributed by atoms with E-state index in [-0.39, 0.29) is 0 Å². The minimum Gasteiger partial charge on any atom is -0.391 e. The maximum Gasteiger partial charge on any atom is 0.143 e. The van der Waals surface area contributed by atoms with Gasteiger partial charge in [0, 0.05) is 11.8 Å². The lowest BCUT2D eigenvalue weighted by molar-refractivity contribution is 0.130. The number of aromatic nitrogens is 1. The molecule has 2 rings (SSSR count). The molecule has 0 aliphatic heterocycles. The first kappa shape index (κ1) is 12.6. The molecule has 0 fully saturated rings. The highest BCUT2D eigenvalue weighted by Gasteiger charge is 1.97. The van der Waals surface area contributed by atoms with Crippen molar-refractivity contribution in [3.8, 4) is 0 Å². The molecule has 2 aromatic rings. The largest absolute Gasteiger partial charge is 0.391 e. The number of hydrogen-bond acceptors (Lipinski definition) is 3. The highest BCUT2D eigenvalue weighted by atomic mass is 35.5. The summed E-state index contributed by atoms with van der Waals surface area (Å²) in [6.07, 6.45) is 1.68. The van der Waals surface area contributed by atoms with Crippen LogP contribution in [0.25, 0.3) is 0 Å². The van der Waals surface area contributed by atoms with Gasteiger partial charge in [0.15, 0.2) is 0 Å². The molecule has 1 heterocycles. The highest BCUT2D eigenvalue weighted by Crippen LogP contribution is 2.07. The van der Waals surface area contributed by atoms with Crippen molar-refractivity contribution in [1.29, 1.82) is 0 Å². The van der Waals surface area contributed by atoms with Gasteiger partial charge in [-0.2, -0.15) is 0 Å². The fourth-order valence-electron chi connectivity index (χ4n) is 1.43. The van der Waals surface area contributed by atoms with E-state index in [1.165, 1.54) is 0 Å². The van der Waals surface area contributed by atoms with Crippen LogP contribution in [-0.4, -0.2) is 10.7 Å². The summed E-state index contributed by atoms with van der Waals surface area (Å²) >= 11 is 5.70. The third-order valence-electron chi connectivity index (χ3n) is 2.41. The second-order valence-electron chi connectivity index (χ2n) is 3.81. The lowest BCUT2D eigenvalue weighted by Gasteiger charge is -2.02. The van der Waals surface area contributed by atoms with E-state index < -0.39 is 0 Å². The molecule has 1 aromatic heterocycles. The topological polar surface area (TPSA) is 34.5 Å². The summed E-state index contributed by atoms with van der Waals surface area (Å²) < 4.78 is 0. The van der Waals surface area contributed by atoms with Crippen molar-refractivity contribution in [2.75, 3.05) is 0 Å². The van der Waals surface area contributed by atoms with Crippen LogP contribution in [0.1, 0.15) is 18.1 Å². The summed E-state index contributed by atoms with van der Waals surface area (Å²) in [5.74, 6) is 0. The van der Waals surface area contributed by atoms with Crippen LogP contribution in [0.15, 0.2) is 53.8 Å². The molecule has 18 heavy (non-hydrogen) atoms. The van der Waals surface area contributed by atoms with Crippen LogP contribution in [0.5, 0.6) is 0 Å². The molecule has 0 saturated carbocycles. The maximum atomic E-state index is 5.70. The molecule has 0 N–H and O–H groups in total. The van der Waals surface area contributed by atoms with Crippen molar-refractivity contribution in [2.45, 2.75) is 13.5 Å². The average Bonchev–Trinajstić information content (AvgIpc) is 2.42. The van der Waals surface area contributed by atoms with Crippen LogP contribution in [0.4, 0.5) is 0 Å². The third kappa shape index (κ3) is 3.57. The molecule has 0 aliphatic rings. The molecule has 0 bridgehead atoms. The van der Waals surface area contributed by atoms with Gasteiger partial charge in [0.25, 0.3) is 0 Å². The van der Waals surface area contributed by atoms with Crippen LogP contribution < -0.4 is 0 Å². The van der Waals surface area contributed by atoms with Gasteiger partial charge in [0.2, 0.25) is 0 Å². The minimum atomic E-state index is 0.383. The molecule has 0 atom stereocenters. The fraction of sp³-hybridized carbons (Fsp3) is 0.143. The van der Waals surface area contributed by atoms with Crippen molar-refractivity contribution in [1.82, 2.24) is 4.98 Å². The summed E-state index contributed by atoms with van der Waals surface area (Å²) in [7, 11) is 0. The number of nitrogens with zero attached hydrogens (tertiary/aromatic N) is 2. The zero-order valence-electron chi connectivity index (χ0n) is 10.0. The van der Waals surface area contributed by atoms with Crippen LogP contribution in [0, 0.1) is 0 Å². The SMILES string of the molecule is C/C(=N\OCc1ccc(Cl)nc1)c1ccccc1. The fourth-order valence-corrected chi connectivity index (χ4v) is 1.54. The van der Waals surface area contributed by atoms with Crippen molar-refractivity contribution >= 4 is 17.3 Å². The Bertz CT molecular complexity index is 523. The molecule has 4 heteroatoms. The van der Waals surface area contributed by atoms with E-state index in [4.69, 9.17) is 16.4 Å². The molecular formula is C14H13ClN2O. The highest BCUT2D eigenvalue weighted by molar-refractivity contribution is 6.29. The summed E-state index contributed by atoms with van der Waals surface area (Å²) in [6, 6.07) is 13.5. The summed E-state index contributed by atoms with van der Waals surface area (Å²) in [5, 5.41) is 4.54. The van der Waals surface area contributed by atoms with Gasteiger partial charge < -0.3 is 4.84 Å². The van der Waals surface area contributed by atoms with Crippen molar-refractivity contribution in [2.24, 2.45) is 5.16 Å². The molecule has 0 unspecified atom stereocenters. The Balaban J connectivity index is 1.93. The molecule has 1 aromatic carbocycles. The Morgan fingerprint density at radius 3 is 2.67 bits per heavy atom. The Labute approximate surface area is 111 Å². The molecular weight excluding hydrogens is 248 g/mol. The van der Waals surface area contributed by atoms with Crippen LogP contribution >= 0.6 is 11.6 Å². The Morgan fingerprint density at radius 2 is 2.00 bits per heavy atom. The number of hydrogen-bond donors (Lipinski definition) is 0.